The quantitative estimate of drug-likeness (QED) is 0.359. The second-order valence-corrected chi connectivity index (χ2v) is 5.46. The van der Waals surface area contributed by atoms with Gasteiger partial charge in [-0.25, -0.2) is 0 Å². The first-order valence-electron chi connectivity index (χ1n) is 6.60. The molecule has 0 aromatic heterocycles. The first-order valence-corrected chi connectivity index (χ1v) is 7.72. The molecule has 5 atom stereocenters. The molecule has 1 fully saturated rings. The van der Waals surface area contributed by atoms with Gasteiger partial charge in [-0.05, 0) is 12.8 Å². The molecule has 4 N–H and O–H groups in total. The van der Waals surface area contributed by atoms with Crippen LogP contribution in [0.5, 0.6) is 0 Å². The van der Waals surface area contributed by atoms with Crippen molar-refractivity contribution in [3.63, 3.8) is 0 Å². The lowest BCUT2D eigenvalue weighted by atomic mass is 9.99. The fourth-order valence-corrected chi connectivity index (χ4v) is 2.43. The summed E-state index contributed by atoms with van der Waals surface area (Å²) in [6, 6.07) is 0. The van der Waals surface area contributed by atoms with E-state index in [9.17, 15) is 15.3 Å². The average molecular weight is 343 g/mol. The SMILES string of the molecule is OC[C@H]1O[C@H](O)[C@H](O)[C@@H](OCCCCCCBr)[C@@H]1O. The first kappa shape index (κ1) is 17.3. The van der Waals surface area contributed by atoms with E-state index in [4.69, 9.17) is 14.6 Å². The summed E-state index contributed by atoms with van der Waals surface area (Å²) in [5, 5.41) is 39.0. The Balaban J connectivity index is 2.32. The molecule has 0 bridgehead atoms. The number of alkyl halides is 1. The summed E-state index contributed by atoms with van der Waals surface area (Å²) in [6.07, 6.45) is -1.74. The largest absolute Gasteiger partial charge is 0.394 e. The van der Waals surface area contributed by atoms with Crippen LogP contribution in [-0.2, 0) is 9.47 Å². The highest BCUT2D eigenvalue weighted by molar-refractivity contribution is 9.09. The molecule has 0 aromatic carbocycles. The molecule has 0 aromatic rings. The van der Waals surface area contributed by atoms with Gasteiger partial charge >= 0.3 is 0 Å². The van der Waals surface area contributed by atoms with Gasteiger partial charge in [-0.2, -0.15) is 0 Å². The Morgan fingerprint density at radius 1 is 1.00 bits per heavy atom. The predicted molar refractivity (Wildman–Crippen MR) is 72.0 cm³/mol. The minimum Gasteiger partial charge on any atom is -0.394 e. The zero-order valence-corrected chi connectivity index (χ0v) is 12.4. The van der Waals surface area contributed by atoms with E-state index < -0.39 is 37.3 Å². The summed E-state index contributed by atoms with van der Waals surface area (Å²) in [6.45, 7) is -0.0397. The Morgan fingerprint density at radius 2 is 1.68 bits per heavy atom. The average Bonchev–Trinajstić information content (AvgIpc) is 2.41. The molecule has 0 spiro atoms. The van der Waals surface area contributed by atoms with Gasteiger partial charge in [0.2, 0.25) is 0 Å². The van der Waals surface area contributed by atoms with Crippen LogP contribution in [0.3, 0.4) is 0 Å². The maximum atomic E-state index is 9.87. The molecule has 1 heterocycles. The number of halogens is 1. The second kappa shape index (κ2) is 9.23. The Hall–Kier alpha value is 0.240. The van der Waals surface area contributed by atoms with E-state index in [-0.39, 0.29) is 0 Å². The van der Waals surface area contributed by atoms with Gasteiger partial charge in [-0.15, -0.1) is 0 Å². The van der Waals surface area contributed by atoms with Crippen molar-refractivity contribution >= 4 is 15.9 Å². The highest BCUT2D eigenvalue weighted by atomic mass is 79.9. The van der Waals surface area contributed by atoms with Crippen LogP contribution < -0.4 is 0 Å². The smallest absolute Gasteiger partial charge is 0.184 e. The Labute approximate surface area is 121 Å². The van der Waals surface area contributed by atoms with Crippen LogP contribution in [0.25, 0.3) is 0 Å². The van der Waals surface area contributed by atoms with Crippen molar-refractivity contribution in [1.82, 2.24) is 0 Å². The standard InChI is InChI=1S/C12H23BrO6/c13-5-3-1-2-4-6-18-11-9(15)8(7-14)19-12(17)10(11)16/h8-12,14-17H,1-7H2/t8-,9-,10-,11+,12+/m1/s1. The maximum absolute atomic E-state index is 9.87. The van der Waals surface area contributed by atoms with Gasteiger partial charge < -0.3 is 29.9 Å². The lowest BCUT2D eigenvalue weighted by Gasteiger charge is -2.39. The van der Waals surface area contributed by atoms with E-state index in [1.807, 2.05) is 0 Å². The molecule has 1 saturated heterocycles. The summed E-state index contributed by atoms with van der Waals surface area (Å²) >= 11 is 3.36. The first-order chi connectivity index (χ1) is 9.11. The third kappa shape index (κ3) is 5.26. The summed E-state index contributed by atoms with van der Waals surface area (Å²) in [5.41, 5.74) is 0. The molecule has 0 amide bonds. The van der Waals surface area contributed by atoms with E-state index in [2.05, 4.69) is 15.9 Å². The molecule has 1 aliphatic heterocycles. The lowest BCUT2D eigenvalue weighted by molar-refractivity contribution is -0.294. The number of unbranched alkanes of at least 4 members (excludes halogenated alkanes) is 3. The molecule has 6 nitrogen and oxygen atoms in total. The molecule has 0 unspecified atom stereocenters. The van der Waals surface area contributed by atoms with Crippen molar-refractivity contribution in [3.05, 3.63) is 0 Å². The number of ether oxygens (including phenoxy) is 2. The summed E-state index contributed by atoms with van der Waals surface area (Å²) < 4.78 is 10.3. The Kier molecular flexibility index (Phi) is 8.40. The van der Waals surface area contributed by atoms with Crippen molar-refractivity contribution in [2.75, 3.05) is 18.5 Å². The third-order valence-electron chi connectivity index (χ3n) is 3.18. The maximum Gasteiger partial charge on any atom is 0.184 e. The van der Waals surface area contributed by atoms with Crippen LogP contribution in [0, 0.1) is 0 Å². The van der Waals surface area contributed by atoms with E-state index in [0.29, 0.717) is 6.61 Å². The molecule has 114 valence electrons. The summed E-state index contributed by atoms with van der Waals surface area (Å²) in [4.78, 5) is 0. The van der Waals surface area contributed by atoms with Crippen LogP contribution in [0.1, 0.15) is 25.7 Å². The van der Waals surface area contributed by atoms with Crippen LogP contribution in [0.4, 0.5) is 0 Å². The van der Waals surface area contributed by atoms with Crippen molar-refractivity contribution in [2.24, 2.45) is 0 Å². The van der Waals surface area contributed by atoms with E-state index in [1.165, 1.54) is 0 Å². The predicted octanol–water partition coefficient (Wildman–Crippen LogP) is -0.242. The second-order valence-electron chi connectivity index (χ2n) is 4.67. The number of hydrogen-bond acceptors (Lipinski definition) is 6. The zero-order valence-electron chi connectivity index (χ0n) is 10.8. The van der Waals surface area contributed by atoms with Gasteiger partial charge in [0.15, 0.2) is 6.29 Å². The number of rotatable bonds is 8. The molecular formula is C12H23BrO6. The number of aliphatic hydroxyl groups excluding tert-OH is 4. The highest BCUT2D eigenvalue weighted by Crippen LogP contribution is 2.22. The molecule has 19 heavy (non-hydrogen) atoms. The molecule has 7 heteroatoms. The molecule has 0 radical (unpaired) electrons. The summed E-state index contributed by atoms with van der Waals surface area (Å²) in [7, 11) is 0. The van der Waals surface area contributed by atoms with Crippen LogP contribution >= 0.6 is 15.9 Å². The topological polar surface area (TPSA) is 99.4 Å². The minimum absolute atomic E-state index is 0.395. The zero-order chi connectivity index (χ0) is 14.3. The molecule has 0 saturated carbocycles. The number of hydrogen-bond donors (Lipinski definition) is 4. The molecule has 1 rings (SSSR count). The third-order valence-corrected chi connectivity index (χ3v) is 3.74. The van der Waals surface area contributed by atoms with Gasteiger partial charge in [0.1, 0.15) is 24.4 Å². The van der Waals surface area contributed by atoms with Crippen molar-refractivity contribution in [1.29, 1.82) is 0 Å². The lowest BCUT2D eigenvalue weighted by Crippen LogP contribution is -2.59. The Morgan fingerprint density at radius 3 is 2.32 bits per heavy atom. The van der Waals surface area contributed by atoms with Gasteiger partial charge in [-0.3, -0.25) is 0 Å². The van der Waals surface area contributed by atoms with Crippen LogP contribution in [0.15, 0.2) is 0 Å². The van der Waals surface area contributed by atoms with Gasteiger partial charge in [0.25, 0.3) is 0 Å². The van der Waals surface area contributed by atoms with Crippen LogP contribution in [-0.4, -0.2) is 69.7 Å². The monoisotopic (exact) mass is 342 g/mol. The molecule has 0 aliphatic carbocycles. The van der Waals surface area contributed by atoms with Crippen molar-refractivity contribution < 1.29 is 29.9 Å². The summed E-state index contributed by atoms with van der Waals surface area (Å²) in [5.74, 6) is 0. The van der Waals surface area contributed by atoms with Gasteiger partial charge in [-0.1, -0.05) is 28.8 Å². The Bertz CT molecular complexity index is 242. The fraction of sp³-hybridized carbons (Fsp3) is 1.00. The van der Waals surface area contributed by atoms with Gasteiger partial charge in [0.05, 0.1) is 6.61 Å². The minimum atomic E-state index is -1.45. The number of aliphatic hydroxyl groups is 4. The van der Waals surface area contributed by atoms with Gasteiger partial charge in [0, 0.05) is 11.9 Å². The van der Waals surface area contributed by atoms with E-state index >= 15 is 0 Å². The van der Waals surface area contributed by atoms with Crippen LogP contribution in [0.2, 0.25) is 0 Å². The van der Waals surface area contributed by atoms with E-state index in [1.54, 1.807) is 0 Å². The molecular weight excluding hydrogens is 320 g/mol. The van der Waals surface area contributed by atoms with Crippen molar-refractivity contribution in [2.45, 2.75) is 56.4 Å². The highest BCUT2D eigenvalue weighted by Gasteiger charge is 2.44. The fourth-order valence-electron chi connectivity index (χ4n) is 2.03. The van der Waals surface area contributed by atoms with E-state index in [0.717, 1.165) is 31.0 Å². The van der Waals surface area contributed by atoms with Crippen molar-refractivity contribution in [3.8, 4) is 0 Å². The molecule has 1 aliphatic rings. The normalized spacial score (nSPS) is 35.5.